The van der Waals surface area contributed by atoms with Gasteiger partial charge in [-0.25, -0.2) is 0 Å². The van der Waals surface area contributed by atoms with E-state index in [2.05, 4.69) is 27.7 Å². The lowest BCUT2D eigenvalue weighted by Gasteiger charge is -2.47. The molecule has 2 aliphatic carbocycles. The SMILES string of the molecule is CCC(C)O[Si](OC(C)CC)(C1CCCCCCC1)C1CCCCCCC1. The second-order valence-corrected chi connectivity index (χ2v) is 13.0. The Bertz CT molecular complexity index is 335. The maximum absolute atomic E-state index is 7.15. The minimum atomic E-state index is -2.27. The summed E-state index contributed by atoms with van der Waals surface area (Å²) in [5.41, 5.74) is 1.43. The lowest BCUT2D eigenvalue weighted by molar-refractivity contribution is 0.0662. The molecule has 2 rings (SSSR count). The van der Waals surface area contributed by atoms with Crippen molar-refractivity contribution in [3.05, 3.63) is 0 Å². The number of hydrogen-bond donors (Lipinski definition) is 0. The average Bonchev–Trinajstić information content (AvgIpc) is 2.60. The highest BCUT2D eigenvalue weighted by Gasteiger charge is 2.53. The van der Waals surface area contributed by atoms with Gasteiger partial charge in [-0.3, -0.25) is 0 Å². The molecular weight excluding hydrogens is 348 g/mol. The molecule has 0 spiro atoms. The van der Waals surface area contributed by atoms with Crippen LogP contribution in [0.2, 0.25) is 11.1 Å². The first-order chi connectivity index (χ1) is 13.1. The van der Waals surface area contributed by atoms with Crippen molar-refractivity contribution in [1.82, 2.24) is 0 Å². The molecular formula is C24H48O2Si. The van der Waals surface area contributed by atoms with E-state index in [4.69, 9.17) is 8.85 Å². The third-order valence-electron chi connectivity index (χ3n) is 7.27. The summed E-state index contributed by atoms with van der Waals surface area (Å²) >= 11 is 0. The van der Waals surface area contributed by atoms with Crippen molar-refractivity contribution in [2.45, 2.75) is 154 Å². The van der Waals surface area contributed by atoms with E-state index in [0.717, 1.165) is 12.8 Å². The largest absolute Gasteiger partial charge is 0.391 e. The van der Waals surface area contributed by atoms with Crippen LogP contribution in [-0.2, 0) is 8.85 Å². The van der Waals surface area contributed by atoms with Crippen LogP contribution in [-0.4, -0.2) is 20.8 Å². The highest BCUT2D eigenvalue weighted by molar-refractivity contribution is 6.70. The van der Waals surface area contributed by atoms with E-state index in [1.165, 1.54) is 89.9 Å². The zero-order chi connectivity index (χ0) is 19.5. The minimum absolute atomic E-state index is 0.344. The predicted octanol–water partition coefficient (Wildman–Crippen LogP) is 8.29. The molecule has 160 valence electrons. The summed E-state index contributed by atoms with van der Waals surface area (Å²) in [6.07, 6.45) is 22.4. The first-order valence-corrected chi connectivity index (χ1v) is 14.4. The van der Waals surface area contributed by atoms with Crippen LogP contribution in [0.15, 0.2) is 0 Å². The summed E-state index contributed by atoms with van der Waals surface area (Å²) in [6, 6.07) is 0. The molecule has 0 saturated heterocycles. The van der Waals surface area contributed by atoms with Gasteiger partial charge in [0.15, 0.2) is 0 Å². The molecule has 2 unspecified atom stereocenters. The molecule has 0 heterocycles. The zero-order valence-corrected chi connectivity index (χ0v) is 19.9. The maximum Gasteiger partial charge on any atom is 0.345 e. The Hall–Kier alpha value is 0.137. The van der Waals surface area contributed by atoms with Gasteiger partial charge in [-0.1, -0.05) is 78.1 Å². The minimum Gasteiger partial charge on any atom is -0.391 e. The molecule has 0 bridgehead atoms. The van der Waals surface area contributed by atoms with E-state index >= 15 is 0 Å². The van der Waals surface area contributed by atoms with Crippen LogP contribution in [0.5, 0.6) is 0 Å². The summed E-state index contributed by atoms with van der Waals surface area (Å²) in [7, 11) is -2.27. The predicted molar refractivity (Wildman–Crippen MR) is 120 cm³/mol. The van der Waals surface area contributed by atoms with E-state index in [-0.39, 0.29) is 0 Å². The first kappa shape index (κ1) is 23.4. The van der Waals surface area contributed by atoms with Crippen LogP contribution in [0, 0.1) is 0 Å². The van der Waals surface area contributed by atoms with Crippen LogP contribution in [0.3, 0.4) is 0 Å². The molecule has 0 aromatic carbocycles. The fourth-order valence-corrected chi connectivity index (χ4v) is 10.8. The van der Waals surface area contributed by atoms with E-state index in [0.29, 0.717) is 23.3 Å². The van der Waals surface area contributed by atoms with Crippen molar-refractivity contribution in [1.29, 1.82) is 0 Å². The molecule has 2 nitrogen and oxygen atoms in total. The molecule has 0 aromatic heterocycles. The molecule has 2 fully saturated rings. The molecule has 2 saturated carbocycles. The second kappa shape index (κ2) is 12.6. The van der Waals surface area contributed by atoms with Crippen molar-refractivity contribution in [3.8, 4) is 0 Å². The van der Waals surface area contributed by atoms with Crippen LogP contribution in [0.1, 0.15) is 130 Å². The third kappa shape index (κ3) is 7.15. The van der Waals surface area contributed by atoms with Crippen molar-refractivity contribution < 1.29 is 8.85 Å². The summed E-state index contributed by atoms with van der Waals surface area (Å²) in [4.78, 5) is 0. The zero-order valence-electron chi connectivity index (χ0n) is 18.9. The van der Waals surface area contributed by atoms with Gasteiger partial charge in [-0.05, 0) is 52.4 Å². The summed E-state index contributed by atoms with van der Waals surface area (Å²) < 4.78 is 14.3. The van der Waals surface area contributed by atoms with Crippen molar-refractivity contribution in [3.63, 3.8) is 0 Å². The van der Waals surface area contributed by atoms with Gasteiger partial charge < -0.3 is 8.85 Å². The Balaban J connectivity index is 2.34. The van der Waals surface area contributed by atoms with Gasteiger partial charge >= 0.3 is 8.56 Å². The highest BCUT2D eigenvalue weighted by atomic mass is 28.4. The Morgan fingerprint density at radius 2 is 0.889 bits per heavy atom. The Kier molecular flexibility index (Phi) is 11.0. The van der Waals surface area contributed by atoms with Crippen molar-refractivity contribution >= 4 is 8.56 Å². The van der Waals surface area contributed by atoms with E-state index in [1.807, 2.05) is 0 Å². The molecule has 2 aliphatic rings. The van der Waals surface area contributed by atoms with E-state index < -0.39 is 8.56 Å². The molecule has 0 amide bonds. The average molecular weight is 397 g/mol. The first-order valence-electron chi connectivity index (χ1n) is 12.5. The lowest BCUT2D eigenvalue weighted by Crippen LogP contribution is -2.55. The van der Waals surface area contributed by atoms with Crippen molar-refractivity contribution in [2.24, 2.45) is 0 Å². The molecule has 0 N–H and O–H groups in total. The third-order valence-corrected chi connectivity index (χ3v) is 12.2. The quantitative estimate of drug-likeness (QED) is 0.384. The van der Waals surface area contributed by atoms with Gasteiger partial charge in [0, 0.05) is 23.3 Å². The van der Waals surface area contributed by atoms with Gasteiger partial charge in [0.2, 0.25) is 0 Å². The molecule has 3 heteroatoms. The van der Waals surface area contributed by atoms with Gasteiger partial charge in [0.1, 0.15) is 0 Å². The highest BCUT2D eigenvalue weighted by Crippen LogP contribution is 2.49. The number of rotatable bonds is 8. The van der Waals surface area contributed by atoms with Gasteiger partial charge in [-0.2, -0.15) is 0 Å². The van der Waals surface area contributed by atoms with Crippen LogP contribution in [0.25, 0.3) is 0 Å². The Morgan fingerprint density at radius 1 is 0.593 bits per heavy atom. The molecule has 27 heavy (non-hydrogen) atoms. The van der Waals surface area contributed by atoms with Crippen LogP contribution in [0.4, 0.5) is 0 Å². The van der Waals surface area contributed by atoms with Crippen LogP contribution < -0.4 is 0 Å². The normalized spacial score (nSPS) is 24.4. The molecule has 2 atom stereocenters. The molecule has 0 aliphatic heterocycles. The smallest absolute Gasteiger partial charge is 0.345 e. The maximum atomic E-state index is 7.15. The van der Waals surface area contributed by atoms with E-state index in [9.17, 15) is 0 Å². The standard InChI is InChI=1S/C24H48O2Si/c1-5-21(3)25-27(26-22(4)6-2,23-17-13-9-7-10-14-18-23)24-19-15-11-8-12-16-20-24/h21-24H,5-20H2,1-4H3. The van der Waals surface area contributed by atoms with Gasteiger partial charge in [0.05, 0.1) is 0 Å². The summed E-state index contributed by atoms with van der Waals surface area (Å²) in [5.74, 6) is 0. The second-order valence-electron chi connectivity index (χ2n) is 9.48. The van der Waals surface area contributed by atoms with Gasteiger partial charge in [0.25, 0.3) is 0 Å². The Morgan fingerprint density at radius 3 is 1.19 bits per heavy atom. The van der Waals surface area contributed by atoms with Crippen molar-refractivity contribution in [2.75, 3.05) is 0 Å². The van der Waals surface area contributed by atoms with Crippen LogP contribution >= 0.6 is 0 Å². The fraction of sp³-hybridized carbons (Fsp3) is 1.00. The molecule has 0 radical (unpaired) electrons. The molecule has 0 aromatic rings. The fourth-order valence-electron chi connectivity index (χ4n) is 5.26. The topological polar surface area (TPSA) is 18.5 Å². The van der Waals surface area contributed by atoms with E-state index in [1.54, 1.807) is 0 Å². The monoisotopic (exact) mass is 396 g/mol. The van der Waals surface area contributed by atoms with Gasteiger partial charge in [-0.15, -0.1) is 0 Å². The Labute approximate surface area is 171 Å². The summed E-state index contributed by atoms with van der Waals surface area (Å²) in [5, 5.41) is 0. The summed E-state index contributed by atoms with van der Waals surface area (Å²) in [6.45, 7) is 9.16. The lowest BCUT2D eigenvalue weighted by atomic mass is 10.00. The number of hydrogen-bond acceptors (Lipinski definition) is 2.